The van der Waals surface area contributed by atoms with E-state index in [1.54, 1.807) is 12.1 Å². The minimum atomic E-state index is -0.327. The Morgan fingerprint density at radius 2 is 2.12 bits per heavy atom. The van der Waals surface area contributed by atoms with Crippen LogP contribution in [0.4, 0.5) is 15.9 Å². The minimum absolute atomic E-state index is 0.0260. The van der Waals surface area contributed by atoms with E-state index in [9.17, 15) is 9.18 Å². The molecule has 168 valence electrons. The molecule has 0 saturated carbocycles. The molecule has 33 heavy (non-hydrogen) atoms. The second-order valence-corrected chi connectivity index (χ2v) is 8.20. The Kier molecular flexibility index (Phi) is 5.73. The van der Waals surface area contributed by atoms with Gasteiger partial charge in [-0.1, -0.05) is 13.0 Å². The number of aromatic nitrogens is 3. The van der Waals surface area contributed by atoms with Crippen LogP contribution in [0.5, 0.6) is 0 Å². The van der Waals surface area contributed by atoms with Gasteiger partial charge in [-0.05, 0) is 49.2 Å². The lowest BCUT2D eigenvalue weighted by molar-refractivity contribution is -0.132. The van der Waals surface area contributed by atoms with Crippen molar-refractivity contribution in [1.29, 1.82) is 0 Å². The summed E-state index contributed by atoms with van der Waals surface area (Å²) in [6.07, 6.45) is 3.70. The first-order valence-electron chi connectivity index (χ1n) is 11.1. The number of carbonyl (C=O) groups is 1. The number of nitrogens with zero attached hydrogens (tertiary/aromatic N) is 4. The number of hydrogen-bond acceptors (Lipinski definition) is 6. The highest BCUT2D eigenvalue weighted by atomic mass is 19.1. The monoisotopic (exact) mass is 445 g/mol. The molecule has 1 atom stereocenters. The number of anilines is 2. The third-order valence-electron chi connectivity index (χ3n) is 5.91. The lowest BCUT2D eigenvalue weighted by atomic mass is 9.96. The van der Waals surface area contributed by atoms with Gasteiger partial charge in [0.1, 0.15) is 23.0 Å². The van der Waals surface area contributed by atoms with Gasteiger partial charge in [0.2, 0.25) is 5.91 Å². The predicted octanol–water partition coefficient (Wildman–Crippen LogP) is 5.28. The first-order chi connectivity index (χ1) is 16.1. The fourth-order valence-electron chi connectivity index (χ4n) is 4.23. The Morgan fingerprint density at radius 3 is 2.97 bits per heavy atom. The highest BCUT2D eigenvalue weighted by molar-refractivity contribution is 5.80. The fourth-order valence-corrected chi connectivity index (χ4v) is 4.23. The van der Waals surface area contributed by atoms with Crippen molar-refractivity contribution in [3.63, 3.8) is 0 Å². The highest BCUT2D eigenvalue weighted by Gasteiger charge is 2.26. The first-order valence-corrected chi connectivity index (χ1v) is 11.1. The van der Waals surface area contributed by atoms with Crippen LogP contribution in [0.3, 0.4) is 0 Å². The van der Waals surface area contributed by atoms with Crippen LogP contribution in [0.1, 0.15) is 37.9 Å². The molecule has 1 N–H and O–H groups in total. The Bertz CT molecular complexity index is 1300. The second kappa shape index (κ2) is 8.97. The summed E-state index contributed by atoms with van der Waals surface area (Å²) >= 11 is 0. The van der Waals surface area contributed by atoms with E-state index < -0.39 is 0 Å². The molecule has 8 heteroatoms. The first kappa shape index (κ1) is 21.1. The molecule has 0 radical (unpaired) electrons. The average Bonchev–Trinajstić information content (AvgIpc) is 3.31. The van der Waals surface area contributed by atoms with Crippen molar-refractivity contribution in [2.24, 2.45) is 0 Å². The van der Waals surface area contributed by atoms with Crippen LogP contribution in [0.15, 0.2) is 59.3 Å². The van der Waals surface area contributed by atoms with Gasteiger partial charge in [-0.15, -0.1) is 0 Å². The number of fused-ring (bicyclic) bond motifs is 1. The second-order valence-electron chi connectivity index (χ2n) is 8.20. The number of benzene rings is 2. The van der Waals surface area contributed by atoms with Gasteiger partial charge in [0.05, 0.1) is 5.69 Å². The largest absolute Gasteiger partial charge is 0.443 e. The van der Waals surface area contributed by atoms with Gasteiger partial charge in [0, 0.05) is 42.7 Å². The zero-order chi connectivity index (χ0) is 22.8. The van der Waals surface area contributed by atoms with Crippen molar-refractivity contribution < 1.29 is 13.6 Å². The third-order valence-corrected chi connectivity index (χ3v) is 5.91. The maximum Gasteiger partial charge on any atom is 0.222 e. The van der Waals surface area contributed by atoms with Gasteiger partial charge in [-0.2, -0.15) is 0 Å². The molecular formula is C25H24FN5O2. The number of piperidine rings is 1. The molecule has 1 fully saturated rings. The Morgan fingerprint density at radius 1 is 1.21 bits per heavy atom. The van der Waals surface area contributed by atoms with Crippen LogP contribution in [-0.2, 0) is 4.79 Å². The van der Waals surface area contributed by atoms with Crippen molar-refractivity contribution in [2.45, 2.75) is 32.1 Å². The molecule has 5 rings (SSSR count). The van der Waals surface area contributed by atoms with Gasteiger partial charge in [-0.25, -0.2) is 19.3 Å². The van der Waals surface area contributed by atoms with Crippen LogP contribution in [0.25, 0.3) is 22.4 Å². The molecule has 0 aliphatic carbocycles. The number of amides is 1. The normalized spacial score (nSPS) is 16.2. The third kappa shape index (κ3) is 4.55. The quantitative estimate of drug-likeness (QED) is 0.450. The maximum atomic E-state index is 13.7. The van der Waals surface area contributed by atoms with Crippen LogP contribution in [0, 0.1) is 5.82 Å². The number of hydrogen-bond donors (Lipinski definition) is 1. The summed E-state index contributed by atoms with van der Waals surface area (Å²) in [6, 6.07) is 13.8. The number of rotatable bonds is 5. The van der Waals surface area contributed by atoms with E-state index in [1.165, 1.54) is 18.5 Å². The van der Waals surface area contributed by atoms with Crippen molar-refractivity contribution >= 4 is 28.5 Å². The Labute approximate surface area is 190 Å². The molecule has 0 bridgehead atoms. The molecule has 1 saturated heterocycles. The van der Waals surface area contributed by atoms with E-state index >= 15 is 0 Å². The van der Waals surface area contributed by atoms with E-state index in [0.29, 0.717) is 35.9 Å². The molecule has 1 unspecified atom stereocenters. The Balaban J connectivity index is 1.54. The summed E-state index contributed by atoms with van der Waals surface area (Å²) in [5.41, 5.74) is 3.64. The zero-order valence-electron chi connectivity index (χ0n) is 18.3. The number of oxazole rings is 1. The van der Waals surface area contributed by atoms with E-state index in [0.717, 1.165) is 36.2 Å². The summed E-state index contributed by atoms with van der Waals surface area (Å²) in [4.78, 5) is 28.1. The van der Waals surface area contributed by atoms with Gasteiger partial charge in [0.25, 0.3) is 0 Å². The zero-order valence-corrected chi connectivity index (χ0v) is 18.3. The number of nitrogens with one attached hydrogen (secondary N) is 1. The van der Waals surface area contributed by atoms with Gasteiger partial charge in [0.15, 0.2) is 12.0 Å². The van der Waals surface area contributed by atoms with Crippen LogP contribution >= 0.6 is 0 Å². The molecule has 7 nitrogen and oxygen atoms in total. The molecule has 1 amide bonds. The van der Waals surface area contributed by atoms with Crippen LogP contribution in [0.2, 0.25) is 0 Å². The topological polar surface area (TPSA) is 84.2 Å². The molecule has 2 aromatic carbocycles. The van der Waals surface area contributed by atoms with Crippen molar-refractivity contribution in [2.75, 3.05) is 18.4 Å². The van der Waals surface area contributed by atoms with E-state index in [1.807, 2.05) is 36.1 Å². The summed E-state index contributed by atoms with van der Waals surface area (Å²) in [5, 5.41) is 3.21. The summed E-state index contributed by atoms with van der Waals surface area (Å²) in [6.45, 7) is 3.24. The lowest BCUT2D eigenvalue weighted by Gasteiger charge is -2.32. The van der Waals surface area contributed by atoms with Crippen molar-refractivity contribution in [3.8, 4) is 11.3 Å². The summed E-state index contributed by atoms with van der Waals surface area (Å²) < 4.78 is 19.1. The maximum absolute atomic E-state index is 13.7. The number of likely N-dealkylation sites (tertiary alicyclic amines) is 1. The molecule has 4 aromatic rings. The lowest BCUT2D eigenvalue weighted by Crippen LogP contribution is -2.39. The smallest absolute Gasteiger partial charge is 0.222 e. The van der Waals surface area contributed by atoms with E-state index in [-0.39, 0.29) is 17.6 Å². The standard InChI is InChI=1S/C25H24FN5O2/c1-2-24(32)31-10-4-5-17(14-31)25-29-20(16-8-9-22-21(11-16)27-15-33-22)13-23(30-25)28-19-7-3-6-18(26)12-19/h3,6-9,11-13,15,17H,2,4-5,10,14H2,1H3,(H,28,29,30). The van der Waals surface area contributed by atoms with Crippen molar-refractivity contribution in [3.05, 3.63) is 66.6 Å². The van der Waals surface area contributed by atoms with Crippen LogP contribution < -0.4 is 5.32 Å². The Hall–Kier alpha value is -3.81. The molecule has 2 aromatic heterocycles. The fraction of sp³-hybridized carbons (Fsp3) is 0.280. The summed E-state index contributed by atoms with van der Waals surface area (Å²) in [5.74, 6) is 1.08. The van der Waals surface area contributed by atoms with E-state index in [4.69, 9.17) is 14.4 Å². The molecule has 1 aliphatic rings. The van der Waals surface area contributed by atoms with Gasteiger partial charge in [-0.3, -0.25) is 4.79 Å². The SMILES string of the molecule is CCC(=O)N1CCCC(c2nc(Nc3cccc(F)c3)cc(-c3ccc4ocnc4c3)n2)C1. The van der Waals surface area contributed by atoms with Crippen LogP contribution in [-0.4, -0.2) is 38.8 Å². The van der Waals surface area contributed by atoms with Gasteiger partial charge >= 0.3 is 0 Å². The predicted molar refractivity (Wildman–Crippen MR) is 124 cm³/mol. The summed E-state index contributed by atoms with van der Waals surface area (Å²) in [7, 11) is 0. The van der Waals surface area contributed by atoms with Crippen molar-refractivity contribution in [1.82, 2.24) is 19.9 Å². The highest BCUT2D eigenvalue weighted by Crippen LogP contribution is 2.30. The molecular weight excluding hydrogens is 421 g/mol. The molecule has 0 spiro atoms. The average molecular weight is 445 g/mol. The minimum Gasteiger partial charge on any atom is -0.443 e. The molecule has 1 aliphatic heterocycles. The number of halogens is 1. The van der Waals surface area contributed by atoms with Gasteiger partial charge < -0.3 is 14.6 Å². The van der Waals surface area contributed by atoms with E-state index in [2.05, 4.69) is 10.3 Å². The number of carbonyl (C=O) groups excluding carboxylic acids is 1. The molecule has 3 heterocycles.